The standard InChI is InChI=1S/C22H25ClN4/c1-4-16-12-27-22-19(26(16)11-15-6-7-15)10-14(3)24-21(22)20(25-27)17-8-5-13(2)9-18(17)23/h5,8-10,15-16H,4,6-7,11-12H2,1-3H3/t16-/m0/s1. The van der Waals surface area contributed by atoms with Gasteiger partial charge in [0.05, 0.1) is 17.3 Å². The second-order valence-electron chi connectivity index (χ2n) is 8.15. The van der Waals surface area contributed by atoms with Crippen molar-refractivity contribution >= 4 is 28.3 Å². The van der Waals surface area contributed by atoms with E-state index >= 15 is 0 Å². The van der Waals surface area contributed by atoms with Crippen LogP contribution >= 0.6 is 11.6 Å². The molecule has 1 aromatic carbocycles. The molecule has 0 spiro atoms. The molecule has 4 nitrogen and oxygen atoms in total. The Hall–Kier alpha value is -2.07. The number of hydrogen-bond acceptors (Lipinski definition) is 3. The Labute approximate surface area is 165 Å². The number of anilines is 1. The van der Waals surface area contributed by atoms with Crippen LogP contribution in [0.25, 0.3) is 22.3 Å². The third kappa shape index (κ3) is 2.82. The average molecular weight is 381 g/mol. The summed E-state index contributed by atoms with van der Waals surface area (Å²) in [5.74, 6) is 0.850. The van der Waals surface area contributed by atoms with E-state index in [1.165, 1.54) is 18.5 Å². The first-order valence-electron chi connectivity index (χ1n) is 9.96. The first-order chi connectivity index (χ1) is 13.0. The summed E-state index contributed by atoms with van der Waals surface area (Å²) in [5.41, 5.74) is 7.51. The molecule has 5 heteroatoms. The van der Waals surface area contributed by atoms with Gasteiger partial charge in [0.15, 0.2) is 0 Å². The largest absolute Gasteiger partial charge is 0.365 e. The predicted octanol–water partition coefficient (Wildman–Crippen LogP) is 5.38. The Balaban J connectivity index is 1.73. The molecule has 2 aliphatic rings. The second kappa shape index (κ2) is 6.23. The summed E-state index contributed by atoms with van der Waals surface area (Å²) >= 11 is 6.59. The maximum absolute atomic E-state index is 6.59. The smallest absolute Gasteiger partial charge is 0.120 e. The van der Waals surface area contributed by atoms with Gasteiger partial charge >= 0.3 is 0 Å². The third-order valence-corrected chi connectivity index (χ3v) is 6.25. The van der Waals surface area contributed by atoms with Gasteiger partial charge in [-0.25, -0.2) is 4.98 Å². The van der Waals surface area contributed by atoms with E-state index in [0.29, 0.717) is 6.04 Å². The Morgan fingerprint density at radius 3 is 2.70 bits per heavy atom. The van der Waals surface area contributed by atoms with Crippen LogP contribution < -0.4 is 4.90 Å². The second-order valence-corrected chi connectivity index (χ2v) is 8.56. The van der Waals surface area contributed by atoms with Gasteiger partial charge in [-0.05, 0) is 56.7 Å². The predicted molar refractivity (Wildman–Crippen MR) is 112 cm³/mol. The number of hydrogen-bond donors (Lipinski definition) is 0. The zero-order valence-corrected chi connectivity index (χ0v) is 16.9. The van der Waals surface area contributed by atoms with Gasteiger partial charge in [-0.1, -0.05) is 30.7 Å². The molecular weight excluding hydrogens is 356 g/mol. The highest BCUT2D eigenvalue weighted by molar-refractivity contribution is 6.33. The highest BCUT2D eigenvalue weighted by Gasteiger charge is 2.34. The molecule has 1 aliphatic heterocycles. The third-order valence-electron chi connectivity index (χ3n) is 5.94. The molecule has 0 unspecified atom stereocenters. The number of nitrogens with zero attached hydrogens (tertiary/aromatic N) is 4. The van der Waals surface area contributed by atoms with Gasteiger partial charge in [0.1, 0.15) is 16.7 Å². The Morgan fingerprint density at radius 2 is 2.00 bits per heavy atom. The van der Waals surface area contributed by atoms with Gasteiger partial charge in [-0.3, -0.25) is 4.68 Å². The van der Waals surface area contributed by atoms with Crippen molar-refractivity contribution in [1.82, 2.24) is 14.8 Å². The van der Waals surface area contributed by atoms with E-state index in [9.17, 15) is 0 Å². The minimum atomic E-state index is 0.490. The van der Waals surface area contributed by atoms with E-state index in [0.717, 1.165) is 64.0 Å². The molecule has 140 valence electrons. The quantitative estimate of drug-likeness (QED) is 0.609. The monoisotopic (exact) mass is 380 g/mol. The first-order valence-corrected chi connectivity index (χ1v) is 10.3. The Morgan fingerprint density at radius 1 is 1.19 bits per heavy atom. The van der Waals surface area contributed by atoms with Crippen LogP contribution in [0.4, 0.5) is 5.69 Å². The molecule has 0 N–H and O–H groups in total. The summed E-state index contributed by atoms with van der Waals surface area (Å²) in [6.45, 7) is 8.49. The summed E-state index contributed by atoms with van der Waals surface area (Å²) in [6.07, 6.45) is 3.85. The number of aryl methyl sites for hydroxylation is 2. The van der Waals surface area contributed by atoms with Gasteiger partial charge in [0, 0.05) is 23.8 Å². The normalized spacial score (nSPS) is 19.1. The minimum absolute atomic E-state index is 0.490. The molecule has 3 heterocycles. The van der Waals surface area contributed by atoms with Crippen molar-refractivity contribution in [3.05, 3.63) is 40.5 Å². The van der Waals surface area contributed by atoms with Crippen LogP contribution in [0.3, 0.4) is 0 Å². The SMILES string of the molecule is CC[C@H]1Cn2nc(-c3ccc(C)cc3Cl)c3nc(C)cc(c32)N1CC1CC1. The minimum Gasteiger partial charge on any atom is -0.365 e. The molecule has 0 radical (unpaired) electrons. The maximum atomic E-state index is 6.59. The molecule has 27 heavy (non-hydrogen) atoms. The molecule has 1 fully saturated rings. The van der Waals surface area contributed by atoms with E-state index in [1.54, 1.807) is 0 Å². The highest BCUT2D eigenvalue weighted by Crippen LogP contribution is 2.41. The van der Waals surface area contributed by atoms with Crippen molar-refractivity contribution in [2.24, 2.45) is 5.92 Å². The lowest BCUT2D eigenvalue weighted by Gasteiger charge is -2.37. The fourth-order valence-corrected chi connectivity index (χ4v) is 4.63. The van der Waals surface area contributed by atoms with Crippen molar-refractivity contribution in [2.75, 3.05) is 11.4 Å². The molecule has 1 atom stereocenters. The van der Waals surface area contributed by atoms with Crippen LogP contribution in [0.5, 0.6) is 0 Å². The number of aromatic nitrogens is 3. The van der Waals surface area contributed by atoms with Gasteiger partial charge < -0.3 is 4.90 Å². The Kier molecular flexibility index (Phi) is 3.94. The maximum Gasteiger partial charge on any atom is 0.120 e. The van der Waals surface area contributed by atoms with Gasteiger partial charge in [-0.15, -0.1) is 0 Å². The van der Waals surface area contributed by atoms with Crippen LogP contribution in [-0.4, -0.2) is 27.4 Å². The molecular formula is C22H25ClN4. The molecule has 2 aromatic heterocycles. The summed E-state index contributed by atoms with van der Waals surface area (Å²) < 4.78 is 2.17. The van der Waals surface area contributed by atoms with Crippen LogP contribution in [0.2, 0.25) is 5.02 Å². The lowest BCUT2D eigenvalue weighted by Crippen LogP contribution is -2.42. The summed E-state index contributed by atoms with van der Waals surface area (Å²) in [4.78, 5) is 7.51. The van der Waals surface area contributed by atoms with Gasteiger partial charge in [-0.2, -0.15) is 5.10 Å². The zero-order valence-electron chi connectivity index (χ0n) is 16.2. The number of benzene rings is 1. The zero-order chi connectivity index (χ0) is 18.7. The molecule has 5 rings (SSSR count). The molecule has 0 amide bonds. The lowest BCUT2D eigenvalue weighted by atomic mass is 10.0. The molecule has 3 aromatic rings. The van der Waals surface area contributed by atoms with E-state index in [1.807, 2.05) is 6.07 Å². The van der Waals surface area contributed by atoms with Crippen molar-refractivity contribution in [1.29, 1.82) is 0 Å². The van der Waals surface area contributed by atoms with Crippen molar-refractivity contribution in [3.63, 3.8) is 0 Å². The topological polar surface area (TPSA) is 34.0 Å². The molecule has 1 aliphatic carbocycles. The fourth-order valence-electron chi connectivity index (χ4n) is 4.30. The van der Waals surface area contributed by atoms with Crippen molar-refractivity contribution in [2.45, 2.75) is 52.6 Å². The first kappa shape index (κ1) is 17.1. The van der Waals surface area contributed by atoms with Crippen LogP contribution in [-0.2, 0) is 6.54 Å². The van der Waals surface area contributed by atoms with E-state index < -0.39 is 0 Å². The summed E-state index contributed by atoms with van der Waals surface area (Å²) in [5, 5.41) is 5.74. The number of rotatable bonds is 4. The van der Waals surface area contributed by atoms with Gasteiger partial charge in [0.2, 0.25) is 0 Å². The van der Waals surface area contributed by atoms with E-state index in [2.05, 4.69) is 48.6 Å². The molecule has 0 saturated heterocycles. The van der Waals surface area contributed by atoms with Crippen molar-refractivity contribution < 1.29 is 0 Å². The summed E-state index contributed by atoms with van der Waals surface area (Å²) in [6, 6.07) is 8.91. The number of pyridine rings is 1. The molecule has 0 bridgehead atoms. The summed E-state index contributed by atoms with van der Waals surface area (Å²) in [7, 11) is 0. The Bertz CT molecular complexity index is 1030. The average Bonchev–Trinajstić information content (AvgIpc) is 3.38. The lowest BCUT2D eigenvalue weighted by molar-refractivity contribution is 0.453. The van der Waals surface area contributed by atoms with Crippen molar-refractivity contribution in [3.8, 4) is 11.3 Å². The van der Waals surface area contributed by atoms with E-state index in [-0.39, 0.29) is 0 Å². The van der Waals surface area contributed by atoms with Crippen LogP contribution in [0.1, 0.15) is 37.4 Å². The number of halogens is 1. The van der Waals surface area contributed by atoms with Gasteiger partial charge in [0.25, 0.3) is 0 Å². The fraction of sp³-hybridized carbons (Fsp3) is 0.455. The van der Waals surface area contributed by atoms with Crippen LogP contribution in [0.15, 0.2) is 24.3 Å². The molecule has 1 saturated carbocycles. The highest BCUT2D eigenvalue weighted by atomic mass is 35.5. The van der Waals surface area contributed by atoms with Crippen LogP contribution in [0, 0.1) is 19.8 Å². The van der Waals surface area contributed by atoms with E-state index in [4.69, 9.17) is 21.7 Å².